The van der Waals surface area contributed by atoms with Crippen molar-refractivity contribution in [3.63, 3.8) is 0 Å². The van der Waals surface area contributed by atoms with E-state index in [1.807, 2.05) is 6.08 Å². The summed E-state index contributed by atoms with van der Waals surface area (Å²) in [4.78, 5) is 0. The molecular weight excluding hydrogens is 487 g/mol. The number of allylic oxidation sites excluding steroid dienone is 2. The molecule has 0 spiro atoms. The number of aryl methyl sites for hydroxylation is 1. The summed E-state index contributed by atoms with van der Waals surface area (Å²) in [5.74, 6) is -4.76. The average molecular weight is 517 g/mol. The highest BCUT2D eigenvalue weighted by Crippen LogP contribution is 2.36. The van der Waals surface area contributed by atoms with E-state index in [2.05, 4.69) is 0 Å². The van der Waals surface area contributed by atoms with E-state index in [9.17, 15) is 22.0 Å². The maximum absolute atomic E-state index is 14.8. The third kappa shape index (κ3) is 5.81. The molecule has 0 saturated carbocycles. The molecule has 7 heteroatoms. The molecule has 0 fully saturated rings. The predicted molar refractivity (Wildman–Crippen MR) is 134 cm³/mol. The van der Waals surface area contributed by atoms with E-state index in [1.54, 1.807) is 26.0 Å². The highest BCUT2D eigenvalue weighted by molar-refractivity contribution is 5.68. The van der Waals surface area contributed by atoms with Gasteiger partial charge in [-0.25, -0.2) is 13.2 Å². The van der Waals surface area contributed by atoms with Gasteiger partial charge in [0, 0.05) is 16.7 Å². The van der Waals surface area contributed by atoms with Crippen molar-refractivity contribution in [3.8, 4) is 22.6 Å². The molecule has 2 nitrogen and oxygen atoms in total. The smallest absolute Gasteiger partial charge is 0.201 e. The van der Waals surface area contributed by atoms with Gasteiger partial charge >= 0.3 is 0 Å². The number of rotatable bonds is 9. The van der Waals surface area contributed by atoms with E-state index in [-0.39, 0.29) is 41.4 Å². The van der Waals surface area contributed by atoms with Crippen LogP contribution in [0.1, 0.15) is 50.7 Å². The monoisotopic (exact) mass is 516 g/mol. The van der Waals surface area contributed by atoms with Gasteiger partial charge in [0.25, 0.3) is 0 Å². The van der Waals surface area contributed by atoms with Crippen molar-refractivity contribution >= 4 is 5.57 Å². The zero-order chi connectivity index (χ0) is 26.5. The molecule has 3 aromatic carbocycles. The second-order valence-electron chi connectivity index (χ2n) is 9.07. The third-order valence-corrected chi connectivity index (χ3v) is 6.72. The molecule has 0 aliphatic heterocycles. The first-order valence-corrected chi connectivity index (χ1v) is 12.5. The predicted octanol–water partition coefficient (Wildman–Crippen LogP) is 8.66. The van der Waals surface area contributed by atoms with Crippen LogP contribution in [-0.4, -0.2) is 13.2 Å². The van der Waals surface area contributed by atoms with Gasteiger partial charge in [-0.1, -0.05) is 18.2 Å². The molecule has 0 heterocycles. The van der Waals surface area contributed by atoms with Gasteiger partial charge in [0.2, 0.25) is 11.6 Å². The summed E-state index contributed by atoms with van der Waals surface area (Å²) >= 11 is 0. The minimum Gasteiger partial charge on any atom is -0.491 e. The summed E-state index contributed by atoms with van der Waals surface area (Å²) in [6.07, 6.45) is 5.47. The number of hydrogen-bond acceptors (Lipinski definition) is 2. The van der Waals surface area contributed by atoms with Crippen LogP contribution in [-0.2, 0) is 6.42 Å². The average Bonchev–Trinajstić information content (AvgIpc) is 2.90. The Morgan fingerprint density at radius 1 is 0.730 bits per heavy atom. The van der Waals surface area contributed by atoms with Crippen molar-refractivity contribution < 1.29 is 31.4 Å². The molecule has 1 unspecified atom stereocenters. The van der Waals surface area contributed by atoms with Crippen LogP contribution in [0.3, 0.4) is 0 Å². The van der Waals surface area contributed by atoms with Gasteiger partial charge in [-0.15, -0.1) is 0 Å². The summed E-state index contributed by atoms with van der Waals surface area (Å²) in [6.45, 7) is 3.81. The summed E-state index contributed by atoms with van der Waals surface area (Å²) in [7, 11) is 0. The first-order valence-electron chi connectivity index (χ1n) is 12.5. The van der Waals surface area contributed by atoms with Crippen LogP contribution < -0.4 is 9.47 Å². The number of benzene rings is 3. The SMILES string of the molecule is CCOc1ccc(C2=CCC(CCc3ccc(-c4ccc(OCC)c(F)c4F)c(F)c3)CC2)c(F)c1F. The van der Waals surface area contributed by atoms with Crippen LogP contribution in [0.5, 0.6) is 11.5 Å². The first kappa shape index (κ1) is 26.7. The molecule has 0 amide bonds. The van der Waals surface area contributed by atoms with Gasteiger partial charge in [0.05, 0.1) is 13.2 Å². The van der Waals surface area contributed by atoms with E-state index < -0.39 is 29.1 Å². The quantitative estimate of drug-likeness (QED) is 0.265. The second kappa shape index (κ2) is 11.8. The van der Waals surface area contributed by atoms with E-state index in [0.717, 1.165) is 24.0 Å². The topological polar surface area (TPSA) is 18.5 Å². The zero-order valence-electron chi connectivity index (χ0n) is 20.9. The van der Waals surface area contributed by atoms with Crippen molar-refractivity contribution in [2.24, 2.45) is 5.92 Å². The first-order chi connectivity index (χ1) is 17.8. The van der Waals surface area contributed by atoms with Gasteiger partial charge in [-0.05, 0) is 93.3 Å². The van der Waals surface area contributed by atoms with Crippen molar-refractivity contribution in [1.82, 2.24) is 0 Å². The molecular formula is C30H29F5O2. The highest BCUT2D eigenvalue weighted by Gasteiger charge is 2.22. The van der Waals surface area contributed by atoms with Crippen LogP contribution >= 0.6 is 0 Å². The summed E-state index contributed by atoms with van der Waals surface area (Å²) in [5.41, 5.74) is 1.61. The van der Waals surface area contributed by atoms with Crippen molar-refractivity contribution in [1.29, 1.82) is 0 Å². The van der Waals surface area contributed by atoms with Gasteiger partial charge in [0.15, 0.2) is 23.1 Å². The Morgan fingerprint density at radius 2 is 1.32 bits per heavy atom. The standard InChI is InChI=1S/C30H29F5O2/c1-3-36-25-15-13-21(27(32)29(25)34)20-10-7-18(8-11-20)5-6-19-9-12-22(24(31)17-19)23-14-16-26(37-4-2)30(35)28(23)33/h9-10,12-18H,3-8,11H2,1-2H3. The lowest BCUT2D eigenvalue weighted by molar-refractivity contribution is 0.314. The minimum atomic E-state index is -1.15. The maximum atomic E-state index is 14.8. The van der Waals surface area contributed by atoms with Gasteiger partial charge in [-0.3, -0.25) is 0 Å². The van der Waals surface area contributed by atoms with Crippen LogP contribution in [0.15, 0.2) is 48.5 Å². The lowest BCUT2D eigenvalue weighted by atomic mass is 9.83. The van der Waals surface area contributed by atoms with Crippen molar-refractivity contribution in [2.75, 3.05) is 13.2 Å². The molecule has 0 N–H and O–H groups in total. The molecule has 1 aliphatic carbocycles. The fraction of sp³-hybridized carbons (Fsp3) is 0.333. The molecule has 1 atom stereocenters. The zero-order valence-corrected chi connectivity index (χ0v) is 20.9. The number of ether oxygens (including phenoxy) is 2. The summed E-state index contributed by atoms with van der Waals surface area (Å²) in [5, 5.41) is 0. The summed E-state index contributed by atoms with van der Waals surface area (Å²) < 4.78 is 82.6. The lowest BCUT2D eigenvalue weighted by Gasteiger charge is -2.23. The Hall–Kier alpha value is -3.35. The van der Waals surface area contributed by atoms with Crippen molar-refractivity contribution in [3.05, 3.63) is 88.8 Å². The molecule has 1 aliphatic rings. The lowest BCUT2D eigenvalue weighted by Crippen LogP contribution is -2.08. The third-order valence-electron chi connectivity index (χ3n) is 6.72. The Labute approximate surface area is 213 Å². The number of hydrogen-bond donors (Lipinski definition) is 0. The Kier molecular flexibility index (Phi) is 8.52. The molecule has 0 bridgehead atoms. The Bertz CT molecular complexity index is 1300. The van der Waals surface area contributed by atoms with E-state index >= 15 is 0 Å². The van der Waals surface area contributed by atoms with Gasteiger partial charge in [0.1, 0.15) is 5.82 Å². The molecule has 196 valence electrons. The Morgan fingerprint density at radius 3 is 1.89 bits per heavy atom. The maximum Gasteiger partial charge on any atom is 0.201 e. The highest BCUT2D eigenvalue weighted by atomic mass is 19.2. The van der Waals surface area contributed by atoms with E-state index in [0.29, 0.717) is 25.2 Å². The normalized spacial score (nSPS) is 15.4. The van der Waals surface area contributed by atoms with E-state index in [4.69, 9.17) is 9.47 Å². The molecule has 3 aromatic rings. The largest absolute Gasteiger partial charge is 0.491 e. The molecule has 37 heavy (non-hydrogen) atoms. The number of halogens is 5. The fourth-order valence-corrected chi connectivity index (χ4v) is 4.75. The van der Waals surface area contributed by atoms with Crippen LogP contribution in [0.4, 0.5) is 22.0 Å². The van der Waals surface area contributed by atoms with Crippen molar-refractivity contribution in [2.45, 2.75) is 46.0 Å². The van der Waals surface area contributed by atoms with Crippen LogP contribution in [0, 0.1) is 35.0 Å². The van der Waals surface area contributed by atoms with Crippen LogP contribution in [0.2, 0.25) is 0 Å². The summed E-state index contributed by atoms with van der Waals surface area (Å²) in [6, 6.07) is 10.1. The minimum absolute atomic E-state index is 0.0157. The molecule has 4 rings (SSSR count). The molecule has 0 aromatic heterocycles. The molecule has 0 radical (unpaired) electrons. The van der Waals surface area contributed by atoms with E-state index in [1.165, 1.54) is 30.3 Å². The second-order valence-corrected chi connectivity index (χ2v) is 9.07. The fourth-order valence-electron chi connectivity index (χ4n) is 4.75. The molecule has 0 saturated heterocycles. The van der Waals surface area contributed by atoms with Gasteiger partial charge in [-0.2, -0.15) is 8.78 Å². The van der Waals surface area contributed by atoms with Gasteiger partial charge < -0.3 is 9.47 Å². The van der Waals surface area contributed by atoms with Crippen LogP contribution in [0.25, 0.3) is 16.7 Å². The Balaban J connectivity index is 1.40.